The number of ether oxygens (including phenoxy) is 1. The first-order valence-electron chi connectivity index (χ1n) is 11.1. The number of nitrogens with zero attached hydrogens (tertiary/aromatic N) is 4. The highest BCUT2D eigenvalue weighted by atomic mass is 32.1. The normalized spacial score (nSPS) is 22.4. The van der Waals surface area contributed by atoms with Crippen LogP contribution in [-0.2, 0) is 4.74 Å². The van der Waals surface area contributed by atoms with Gasteiger partial charge >= 0.3 is 0 Å². The van der Waals surface area contributed by atoms with Gasteiger partial charge in [0, 0.05) is 37.9 Å². The molecule has 2 aromatic rings. The molecule has 8 nitrogen and oxygen atoms in total. The fraction of sp³-hybridized carbons (Fsp3) is 0.391. The van der Waals surface area contributed by atoms with Crippen LogP contribution in [0.15, 0.2) is 56.9 Å². The Morgan fingerprint density at radius 3 is 3.06 bits per heavy atom. The van der Waals surface area contributed by atoms with E-state index in [2.05, 4.69) is 55.8 Å². The molecule has 1 unspecified atom stereocenters. The standard InChI is InChI=1S/C23H26N6O2S/c1-15-12-17(27-9-3-8-24-27)6-5-16(15)13-28-19-7-11-32-22(19)20-21(25-28)23(30)29(26-20)18-4-2-10-31-14-18/h5-8,11,18,25-26H,1-4,9-10,12-14H2. The molecule has 4 aliphatic rings. The van der Waals surface area contributed by atoms with Crippen molar-refractivity contribution in [2.24, 2.45) is 5.10 Å². The fourth-order valence-electron chi connectivity index (χ4n) is 4.76. The largest absolute Gasteiger partial charge is 0.379 e. The van der Waals surface area contributed by atoms with Gasteiger partial charge in [-0.1, -0.05) is 12.7 Å². The average Bonchev–Trinajstić information content (AvgIpc) is 3.56. The van der Waals surface area contributed by atoms with E-state index >= 15 is 0 Å². The second kappa shape index (κ2) is 7.83. The molecule has 32 heavy (non-hydrogen) atoms. The molecule has 1 saturated heterocycles. The minimum atomic E-state index is -0.0231. The second-order valence-corrected chi connectivity index (χ2v) is 9.50. The van der Waals surface area contributed by atoms with Crippen molar-refractivity contribution in [1.82, 2.24) is 14.8 Å². The van der Waals surface area contributed by atoms with E-state index in [4.69, 9.17) is 4.74 Å². The third-order valence-corrected chi connectivity index (χ3v) is 7.42. The Morgan fingerprint density at radius 2 is 2.28 bits per heavy atom. The maximum atomic E-state index is 13.3. The van der Waals surface area contributed by atoms with Gasteiger partial charge in [0.25, 0.3) is 5.56 Å². The highest BCUT2D eigenvalue weighted by Crippen LogP contribution is 2.43. The van der Waals surface area contributed by atoms with E-state index in [0.717, 1.165) is 66.2 Å². The zero-order valence-corrected chi connectivity index (χ0v) is 18.7. The van der Waals surface area contributed by atoms with Crippen LogP contribution < -0.4 is 16.0 Å². The van der Waals surface area contributed by atoms with Gasteiger partial charge in [-0.2, -0.15) is 5.10 Å². The molecule has 0 amide bonds. The van der Waals surface area contributed by atoms with Gasteiger partial charge in [0.05, 0.1) is 29.8 Å². The summed E-state index contributed by atoms with van der Waals surface area (Å²) >= 11 is 1.65. The van der Waals surface area contributed by atoms with Gasteiger partial charge in [0.2, 0.25) is 0 Å². The van der Waals surface area contributed by atoms with Gasteiger partial charge < -0.3 is 4.74 Å². The molecule has 1 aliphatic carbocycles. The van der Waals surface area contributed by atoms with Gasteiger partial charge in [-0.25, -0.2) is 4.68 Å². The number of hydrazine groups is 1. The number of hydrogen-bond donors (Lipinski definition) is 2. The molecular weight excluding hydrogens is 424 g/mol. The van der Waals surface area contributed by atoms with Crippen molar-refractivity contribution in [3.63, 3.8) is 0 Å². The maximum Gasteiger partial charge on any atom is 0.292 e. The molecule has 0 radical (unpaired) electrons. The maximum absolute atomic E-state index is 13.3. The highest BCUT2D eigenvalue weighted by Gasteiger charge is 2.31. The minimum Gasteiger partial charge on any atom is -0.379 e. The van der Waals surface area contributed by atoms with Crippen molar-refractivity contribution in [3.8, 4) is 10.6 Å². The van der Waals surface area contributed by atoms with E-state index < -0.39 is 0 Å². The molecule has 2 aromatic heterocycles. The van der Waals surface area contributed by atoms with Crippen LogP contribution in [0.5, 0.6) is 0 Å². The molecule has 1 atom stereocenters. The van der Waals surface area contributed by atoms with E-state index in [1.165, 1.54) is 5.70 Å². The number of fused-ring (bicyclic) bond motifs is 3. The predicted molar refractivity (Wildman–Crippen MR) is 128 cm³/mol. The number of hydrazone groups is 1. The van der Waals surface area contributed by atoms with Crippen molar-refractivity contribution in [1.29, 1.82) is 0 Å². The number of aromatic amines is 1. The lowest BCUT2D eigenvalue weighted by molar-refractivity contribution is 0.0539. The number of thiophene rings is 1. The van der Waals surface area contributed by atoms with Crippen LogP contribution in [0.2, 0.25) is 0 Å². The molecule has 9 heteroatoms. The molecule has 166 valence electrons. The van der Waals surface area contributed by atoms with Crippen LogP contribution in [0.1, 0.15) is 31.7 Å². The molecule has 1 fully saturated rings. The van der Waals surface area contributed by atoms with Gasteiger partial charge in [-0.05, 0) is 41.5 Å². The predicted octanol–water partition coefficient (Wildman–Crippen LogP) is 3.87. The summed E-state index contributed by atoms with van der Waals surface area (Å²) in [6, 6.07) is 2.15. The molecule has 0 saturated carbocycles. The third kappa shape index (κ3) is 3.23. The zero-order chi connectivity index (χ0) is 21.7. The van der Waals surface area contributed by atoms with Gasteiger partial charge in [0.1, 0.15) is 11.4 Å². The number of hydrogen-bond acceptors (Lipinski definition) is 7. The van der Waals surface area contributed by atoms with E-state index in [1.807, 2.05) is 6.21 Å². The third-order valence-electron chi connectivity index (χ3n) is 6.50. The zero-order valence-electron chi connectivity index (χ0n) is 17.8. The number of H-pyrrole nitrogens is 1. The molecule has 0 bridgehead atoms. The smallest absolute Gasteiger partial charge is 0.292 e. The first-order chi connectivity index (χ1) is 15.7. The first-order valence-corrected chi connectivity index (χ1v) is 12.0. The summed E-state index contributed by atoms with van der Waals surface area (Å²) in [7, 11) is 0. The average molecular weight is 451 g/mol. The molecular formula is C23H26N6O2S. The molecule has 3 aliphatic heterocycles. The lowest BCUT2D eigenvalue weighted by atomic mass is 9.96. The van der Waals surface area contributed by atoms with Crippen molar-refractivity contribution < 1.29 is 4.74 Å². The van der Waals surface area contributed by atoms with Crippen LogP contribution in [0.3, 0.4) is 0 Å². The van der Waals surface area contributed by atoms with Gasteiger partial charge in [-0.15, -0.1) is 11.3 Å². The Balaban J connectivity index is 1.29. The summed E-state index contributed by atoms with van der Waals surface area (Å²) in [5.74, 6) is 0. The van der Waals surface area contributed by atoms with Crippen molar-refractivity contribution in [2.45, 2.75) is 31.7 Å². The number of allylic oxidation sites excluding steroid dienone is 3. The van der Waals surface area contributed by atoms with E-state index in [1.54, 1.807) is 16.0 Å². The SMILES string of the molecule is C=C1CC(N2CCC=N2)=CC=C1CN1Nc2c([nH]n(C3CCCOC3)c2=O)-c2sccc21. The minimum absolute atomic E-state index is 0.0231. The van der Waals surface area contributed by atoms with Crippen LogP contribution in [0.25, 0.3) is 10.6 Å². The Labute approximate surface area is 190 Å². The molecule has 2 N–H and O–H groups in total. The molecule has 5 heterocycles. The summed E-state index contributed by atoms with van der Waals surface area (Å²) < 4.78 is 7.36. The van der Waals surface area contributed by atoms with Crippen LogP contribution in [0.4, 0.5) is 11.4 Å². The van der Waals surface area contributed by atoms with Crippen molar-refractivity contribution in [3.05, 3.63) is 57.4 Å². The Bertz CT molecular complexity index is 1210. The van der Waals surface area contributed by atoms with Crippen molar-refractivity contribution >= 4 is 28.9 Å². The Kier molecular flexibility index (Phi) is 4.80. The monoisotopic (exact) mass is 450 g/mol. The molecule has 6 rings (SSSR count). The number of nitrogens with one attached hydrogen (secondary N) is 2. The lowest BCUT2D eigenvalue weighted by Gasteiger charge is -2.32. The van der Waals surface area contributed by atoms with Crippen molar-refractivity contribution in [2.75, 3.05) is 36.7 Å². The van der Waals surface area contributed by atoms with Crippen LogP contribution >= 0.6 is 11.3 Å². The van der Waals surface area contributed by atoms with E-state index in [0.29, 0.717) is 18.8 Å². The number of anilines is 2. The summed E-state index contributed by atoms with van der Waals surface area (Å²) in [5.41, 5.74) is 9.34. The first kappa shape index (κ1) is 19.6. The summed E-state index contributed by atoms with van der Waals surface area (Å²) in [5, 5.41) is 14.0. The lowest BCUT2D eigenvalue weighted by Crippen LogP contribution is -2.37. The fourth-order valence-corrected chi connectivity index (χ4v) is 5.66. The number of rotatable bonds is 4. The van der Waals surface area contributed by atoms with E-state index in [9.17, 15) is 4.79 Å². The molecule has 0 spiro atoms. The van der Waals surface area contributed by atoms with E-state index in [-0.39, 0.29) is 11.6 Å². The van der Waals surface area contributed by atoms with Gasteiger partial charge in [-0.3, -0.25) is 25.3 Å². The highest BCUT2D eigenvalue weighted by molar-refractivity contribution is 7.14. The quantitative estimate of drug-likeness (QED) is 0.740. The molecule has 0 aromatic carbocycles. The second-order valence-electron chi connectivity index (χ2n) is 8.58. The summed E-state index contributed by atoms with van der Waals surface area (Å²) in [6.45, 7) is 7.23. The summed E-state index contributed by atoms with van der Waals surface area (Å²) in [4.78, 5) is 14.3. The Morgan fingerprint density at radius 1 is 1.34 bits per heavy atom. The Hall–Kier alpha value is -3.04. The number of aromatic nitrogens is 2. The van der Waals surface area contributed by atoms with Crippen LogP contribution in [-0.4, -0.2) is 47.3 Å². The van der Waals surface area contributed by atoms with Crippen LogP contribution in [0, 0.1) is 0 Å². The van der Waals surface area contributed by atoms with Gasteiger partial charge in [0.15, 0.2) is 0 Å². The summed E-state index contributed by atoms with van der Waals surface area (Å²) in [6.07, 6.45) is 9.93. The topological polar surface area (TPSA) is 77.9 Å².